The SMILES string of the molecule is N#C[C@@H]1CCCN1C(=O)CNC12CC3CC(CC(O)(C3)C1)C2.O=C(O)C(O)C(O)C(=O)O. The number of nitriles is 1. The summed E-state index contributed by atoms with van der Waals surface area (Å²) < 4.78 is 0. The zero-order chi connectivity index (χ0) is 23.7. The summed E-state index contributed by atoms with van der Waals surface area (Å²) in [4.78, 5) is 33.7. The van der Waals surface area contributed by atoms with Crippen molar-refractivity contribution in [2.45, 2.75) is 80.8 Å². The summed E-state index contributed by atoms with van der Waals surface area (Å²) >= 11 is 0. The van der Waals surface area contributed by atoms with Crippen molar-refractivity contribution in [1.82, 2.24) is 10.2 Å². The highest BCUT2D eigenvalue weighted by atomic mass is 16.4. The molecule has 4 saturated carbocycles. The lowest BCUT2D eigenvalue weighted by molar-refractivity contribution is -0.165. The molecule has 178 valence electrons. The first-order valence-corrected chi connectivity index (χ1v) is 11.0. The van der Waals surface area contributed by atoms with Gasteiger partial charge in [0.15, 0.2) is 12.2 Å². The molecule has 1 aliphatic heterocycles. The standard InChI is InChI=1S/C17H25N3O2.C4H6O6/c18-9-14-2-1-3-20(14)15(21)10-19-16-5-12-4-13(6-16)8-17(22,7-12)11-16;5-1(3(7)8)2(6)4(9)10/h12-14,19,22H,1-8,10-11H2;1-2,5-6H,(H,7,8)(H,9,10)/t12?,13?,14-,16?,17?;/m0./s1. The zero-order valence-electron chi connectivity index (χ0n) is 17.8. The van der Waals surface area contributed by atoms with Crippen molar-refractivity contribution < 1.29 is 39.9 Å². The van der Waals surface area contributed by atoms with E-state index in [0.29, 0.717) is 24.9 Å². The van der Waals surface area contributed by atoms with Gasteiger partial charge in [-0.1, -0.05) is 0 Å². The van der Waals surface area contributed by atoms with E-state index < -0.39 is 29.7 Å². The van der Waals surface area contributed by atoms with Gasteiger partial charge in [-0.3, -0.25) is 4.79 Å². The Hall–Kier alpha value is -2.26. The van der Waals surface area contributed by atoms with Crippen LogP contribution in [0.4, 0.5) is 0 Å². The average Bonchev–Trinajstić information content (AvgIpc) is 3.18. The third-order valence-corrected chi connectivity index (χ3v) is 7.17. The number of carboxylic acids is 2. The zero-order valence-corrected chi connectivity index (χ0v) is 17.8. The van der Waals surface area contributed by atoms with Gasteiger partial charge in [0.05, 0.1) is 18.2 Å². The van der Waals surface area contributed by atoms with E-state index in [4.69, 9.17) is 25.7 Å². The maximum atomic E-state index is 12.4. The molecule has 1 heterocycles. The van der Waals surface area contributed by atoms with Gasteiger partial charge in [-0.2, -0.15) is 5.26 Å². The van der Waals surface area contributed by atoms with Crippen LogP contribution in [0.2, 0.25) is 0 Å². The molecule has 0 radical (unpaired) electrons. The van der Waals surface area contributed by atoms with Crippen molar-refractivity contribution in [3.05, 3.63) is 0 Å². The predicted octanol–water partition coefficient (Wildman–Crippen LogP) is -0.948. The molecular weight excluding hydrogens is 422 g/mol. The number of likely N-dealkylation sites (tertiary alicyclic amines) is 1. The van der Waals surface area contributed by atoms with Crippen LogP contribution in [0.5, 0.6) is 0 Å². The maximum Gasteiger partial charge on any atom is 0.335 e. The van der Waals surface area contributed by atoms with E-state index in [1.165, 1.54) is 6.42 Å². The fraction of sp³-hybridized carbons (Fsp3) is 0.810. The number of amides is 1. The molecule has 0 aromatic heterocycles. The number of carbonyl (C=O) groups excluding carboxylic acids is 1. The number of aliphatic hydroxyl groups is 3. The van der Waals surface area contributed by atoms with Gasteiger partial charge in [0.2, 0.25) is 5.91 Å². The number of nitrogens with one attached hydrogen (secondary N) is 1. The molecule has 11 nitrogen and oxygen atoms in total. The average molecular weight is 453 g/mol. The minimum atomic E-state index is -2.27. The third kappa shape index (κ3) is 5.20. The Balaban J connectivity index is 0.000000247. The van der Waals surface area contributed by atoms with Crippen molar-refractivity contribution in [3.63, 3.8) is 0 Å². The molecule has 5 aliphatic rings. The second-order valence-corrected chi connectivity index (χ2v) is 9.76. The van der Waals surface area contributed by atoms with Gasteiger partial charge in [0.25, 0.3) is 0 Å². The van der Waals surface area contributed by atoms with E-state index in [2.05, 4.69) is 11.4 Å². The van der Waals surface area contributed by atoms with Gasteiger partial charge < -0.3 is 35.7 Å². The van der Waals surface area contributed by atoms with E-state index in [0.717, 1.165) is 44.9 Å². The van der Waals surface area contributed by atoms with Crippen LogP contribution in [0.15, 0.2) is 0 Å². The van der Waals surface area contributed by atoms with Crippen LogP contribution >= 0.6 is 0 Å². The number of aliphatic hydroxyl groups excluding tert-OH is 2. The van der Waals surface area contributed by atoms with Crippen LogP contribution < -0.4 is 5.32 Å². The summed E-state index contributed by atoms with van der Waals surface area (Å²) in [7, 11) is 0. The lowest BCUT2D eigenvalue weighted by Crippen LogP contribution is -2.65. The van der Waals surface area contributed by atoms with Gasteiger partial charge in [0, 0.05) is 12.1 Å². The predicted molar refractivity (Wildman–Crippen MR) is 108 cm³/mol. The molecule has 6 N–H and O–H groups in total. The number of hydrogen-bond acceptors (Lipinski definition) is 8. The number of carboxylic acid groups (broad SMARTS) is 2. The normalized spacial score (nSPS) is 36.6. The number of hydrogen-bond donors (Lipinski definition) is 6. The van der Waals surface area contributed by atoms with Crippen molar-refractivity contribution in [3.8, 4) is 6.07 Å². The summed E-state index contributed by atoms with van der Waals surface area (Å²) in [5.74, 6) is -2.25. The summed E-state index contributed by atoms with van der Waals surface area (Å²) in [6.07, 6.45) is 3.34. The highest BCUT2D eigenvalue weighted by molar-refractivity contribution is 5.83. The van der Waals surface area contributed by atoms with Crippen molar-refractivity contribution in [2.24, 2.45) is 11.8 Å². The Kier molecular flexibility index (Phi) is 7.09. The largest absolute Gasteiger partial charge is 0.479 e. The van der Waals surface area contributed by atoms with Crippen molar-refractivity contribution in [1.29, 1.82) is 5.26 Å². The number of aliphatic carboxylic acids is 2. The molecule has 1 saturated heterocycles. The van der Waals surface area contributed by atoms with Gasteiger partial charge in [-0.15, -0.1) is 0 Å². The summed E-state index contributed by atoms with van der Waals surface area (Å²) in [6, 6.07) is 1.99. The van der Waals surface area contributed by atoms with E-state index in [-0.39, 0.29) is 17.5 Å². The molecule has 0 spiro atoms. The molecule has 4 bridgehead atoms. The maximum absolute atomic E-state index is 12.4. The Bertz CT molecular complexity index is 764. The molecule has 32 heavy (non-hydrogen) atoms. The van der Waals surface area contributed by atoms with Gasteiger partial charge >= 0.3 is 11.9 Å². The second kappa shape index (κ2) is 9.31. The fourth-order valence-electron chi connectivity index (χ4n) is 6.26. The van der Waals surface area contributed by atoms with Gasteiger partial charge in [-0.05, 0) is 63.2 Å². The molecule has 5 rings (SSSR count). The lowest BCUT2D eigenvalue weighted by atomic mass is 9.51. The van der Waals surface area contributed by atoms with Crippen LogP contribution in [-0.2, 0) is 14.4 Å². The Labute approximate surface area is 185 Å². The van der Waals surface area contributed by atoms with E-state index in [1.54, 1.807) is 4.90 Å². The molecule has 0 aromatic carbocycles. The first-order valence-electron chi connectivity index (χ1n) is 11.0. The quantitative estimate of drug-likeness (QED) is 0.292. The number of nitrogens with zero attached hydrogens (tertiary/aromatic N) is 2. The van der Waals surface area contributed by atoms with Gasteiger partial charge in [0.1, 0.15) is 6.04 Å². The van der Waals surface area contributed by atoms with Crippen LogP contribution in [0.3, 0.4) is 0 Å². The molecule has 4 aliphatic carbocycles. The smallest absolute Gasteiger partial charge is 0.335 e. The second-order valence-electron chi connectivity index (χ2n) is 9.76. The minimum absolute atomic E-state index is 0.0453. The molecule has 11 heteroatoms. The van der Waals surface area contributed by atoms with Crippen LogP contribution in [0, 0.1) is 23.2 Å². The first kappa shape index (κ1) is 24.4. The number of rotatable bonds is 6. The highest BCUT2D eigenvalue weighted by Crippen LogP contribution is 2.57. The number of carbonyl (C=O) groups is 3. The molecule has 0 aromatic rings. The van der Waals surface area contributed by atoms with E-state index in [1.807, 2.05) is 0 Å². The Morgan fingerprint density at radius 1 is 1.06 bits per heavy atom. The molecular formula is C21H31N3O8. The summed E-state index contributed by atoms with van der Waals surface area (Å²) in [6.45, 7) is 1.02. The minimum Gasteiger partial charge on any atom is -0.479 e. The molecule has 4 unspecified atom stereocenters. The van der Waals surface area contributed by atoms with Gasteiger partial charge in [-0.25, -0.2) is 9.59 Å². The highest BCUT2D eigenvalue weighted by Gasteiger charge is 2.57. The van der Waals surface area contributed by atoms with E-state index in [9.17, 15) is 19.5 Å². The van der Waals surface area contributed by atoms with Crippen LogP contribution in [0.1, 0.15) is 51.4 Å². The molecule has 5 atom stereocenters. The van der Waals surface area contributed by atoms with Crippen LogP contribution in [0.25, 0.3) is 0 Å². The lowest BCUT2D eigenvalue weighted by Gasteiger charge is -2.60. The fourth-order valence-corrected chi connectivity index (χ4v) is 6.26. The van der Waals surface area contributed by atoms with Crippen molar-refractivity contribution >= 4 is 17.8 Å². The first-order chi connectivity index (χ1) is 15.0. The molecule has 5 fully saturated rings. The summed E-state index contributed by atoms with van der Waals surface area (Å²) in [5, 5.41) is 55.9. The van der Waals surface area contributed by atoms with Crippen molar-refractivity contribution in [2.75, 3.05) is 13.1 Å². The topological polar surface area (TPSA) is 191 Å². The van der Waals surface area contributed by atoms with E-state index >= 15 is 0 Å². The Morgan fingerprint density at radius 3 is 2.09 bits per heavy atom. The monoisotopic (exact) mass is 453 g/mol. The summed E-state index contributed by atoms with van der Waals surface area (Å²) in [5.41, 5.74) is -0.542. The van der Waals surface area contributed by atoms with Crippen LogP contribution in [-0.4, -0.2) is 90.8 Å². The molecule has 1 amide bonds. The Morgan fingerprint density at radius 2 is 1.62 bits per heavy atom. The third-order valence-electron chi connectivity index (χ3n) is 7.17.